The number of thioether (sulfide) groups is 1. The first-order valence-corrected chi connectivity index (χ1v) is 8.16. The summed E-state index contributed by atoms with van der Waals surface area (Å²) < 4.78 is 3.29. The van der Waals surface area contributed by atoms with Crippen LogP contribution in [0.2, 0.25) is 0 Å². The monoisotopic (exact) mass is 319 g/mol. The highest BCUT2D eigenvalue weighted by molar-refractivity contribution is 7.99. The van der Waals surface area contributed by atoms with Crippen LogP contribution in [0.3, 0.4) is 0 Å². The normalized spacial score (nSPS) is 11.1. The highest BCUT2D eigenvalue weighted by atomic mass is 32.2. The van der Waals surface area contributed by atoms with Gasteiger partial charge in [0.1, 0.15) is 4.83 Å². The molecular weight excluding hydrogens is 306 g/mol. The van der Waals surface area contributed by atoms with Crippen LogP contribution in [0.4, 0.5) is 0 Å². The number of hydrogen-bond donors (Lipinski definition) is 0. The van der Waals surface area contributed by atoms with Crippen molar-refractivity contribution in [2.75, 3.05) is 5.75 Å². The van der Waals surface area contributed by atoms with E-state index in [-0.39, 0.29) is 17.1 Å². The lowest BCUT2D eigenvalue weighted by Gasteiger charge is -2.07. The number of fused-ring (bicyclic) bond motifs is 1. The third-order valence-electron chi connectivity index (χ3n) is 3.23. The van der Waals surface area contributed by atoms with Crippen LogP contribution in [0.5, 0.6) is 0 Å². The fourth-order valence-corrected chi connectivity index (χ4v) is 3.72. The fourth-order valence-electron chi connectivity index (χ4n) is 2.06. The van der Waals surface area contributed by atoms with E-state index in [0.29, 0.717) is 21.1 Å². The van der Waals surface area contributed by atoms with Crippen molar-refractivity contribution in [2.45, 2.75) is 5.16 Å². The maximum atomic E-state index is 12.2. The minimum Gasteiger partial charge on any atom is -0.348 e. The number of rotatable bonds is 4. The molecule has 0 spiro atoms. The van der Waals surface area contributed by atoms with Crippen molar-refractivity contribution in [3.05, 3.63) is 45.8 Å². The summed E-state index contributed by atoms with van der Waals surface area (Å²) in [6, 6.07) is 5.40. The average Bonchev–Trinajstić information content (AvgIpc) is 3.09. The summed E-state index contributed by atoms with van der Waals surface area (Å²) >= 11 is 2.72. The van der Waals surface area contributed by atoms with Gasteiger partial charge in [0.2, 0.25) is 0 Å². The Kier molecular flexibility index (Phi) is 3.69. The van der Waals surface area contributed by atoms with Gasteiger partial charge in [-0.25, -0.2) is 4.98 Å². The number of aromatic nitrogens is 3. The van der Waals surface area contributed by atoms with Crippen LogP contribution in [0, 0.1) is 0 Å². The van der Waals surface area contributed by atoms with Gasteiger partial charge >= 0.3 is 0 Å². The number of aryl methyl sites for hydroxylation is 1. The van der Waals surface area contributed by atoms with Gasteiger partial charge in [0.05, 0.1) is 16.8 Å². The molecule has 0 aliphatic heterocycles. The van der Waals surface area contributed by atoms with Gasteiger partial charge in [-0.15, -0.1) is 11.3 Å². The SMILES string of the molecule is Cn1cccc1C(=O)CSc1nc2sccc2c(=O)n1C. The molecule has 0 saturated carbocycles. The Morgan fingerprint density at radius 2 is 2.19 bits per heavy atom. The quantitative estimate of drug-likeness (QED) is 0.421. The molecule has 3 aromatic heterocycles. The molecule has 0 atom stereocenters. The molecule has 0 N–H and O–H groups in total. The average molecular weight is 319 g/mol. The summed E-state index contributed by atoms with van der Waals surface area (Å²) in [5.41, 5.74) is 0.583. The molecule has 0 aliphatic rings. The zero-order valence-electron chi connectivity index (χ0n) is 11.6. The highest BCUT2D eigenvalue weighted by Crippen LogP contribution is 2.21. The first-order valence-electron chi connectivity index (χ1n) is 6.29. The van der Waals surface area contributed by atoms with E-state index in [2.05, 4.69) is 4.98 Å². The van der Waals surface area contributed by atoms with Crippen molar-refractivity contribution in [1.29, 1.82) is 0 Å². The van der Waals surface area contributed by atoms with Crippen LogP contribution < -0.4 is 5.56 Å². The first-order chi connectivity index (χ1) is 10.1. The van der Waals surface area contributed by atoms with Crippen LogP contribution >= 0.6 is 23.1 Å². The summed E-state index contributed by atoms with van der Waals surface area (Å²) in [4.78, 5) is 29.5. The minimum atomic E-state index is -0.0740. The highest BCUT2D eigenvalue weighted by Gasteiger charge is 2.13. The molecule has 108 valence electrons. The van der Waals surface area contributed by atoms with E-state index in [4.69, 9.17) is 0 Å². The van der Waals surface area contributed by atoms with E-state index < -0.39 is 0 Å². The molecule has 3 heterocycles. The molecule has 0 aromatic carbocycles. The number of nitrogens with zero attached hydrogens (tertiary/aromatic N) is 3. The van der Waals surface area contributed by atoms with Crippen molar-refractivity contribution in [3.8, 4) is 0 Å². The second-order valence-corrected chi connectivity index (χ2v) is 6.45. The lowest BCUT2D eigenvalue weighted by Crippen LogP contribution is -2.20. The minimum absolute atomic E-state index is 0.0213. The van der Waals surface area contributed by atoms with Gasteiger partial charge in [-0.1, -0.05) is 11.8 Å². The molecule has 3 aromatic rings. The van der Waals surface area contributed by atoms with Crippen molar-refractivity contribution in [3.63, 3.8) is 0 Å². The topological polar surface area (TPSA) is 56.9 Å². The molecule has 7 heteroatoms. The third-order valence-corrected chi connectivity index (χ3v) is 5.06. The van der Waals surface area contributed by atoms with Crippen LogP contribution in [0.25, 0.3) is 10.2 Å². The Labute approximate surface area is 129 Å². The lowest BCUT2D eigenvalue weighted by atomic mass is 10.3. The summed E-state index contributed by atoms with van der Waals surface area (Å²) in [5.74, 6) is 0.280. The van der Waals surface area contributed by atoms with E-state index >= 15 is 0 Å². The van der Waals surface area contributed by atoms with Crippen LogP contribution in [-0.4, -0.2) is 25.7 Å². The first kappa shape index (κ1) is 14.1. The lowest BCUT2D eigenvalue weighted by molar-refractivity contribution is 0.101. The Morgan fingerprint density at radius 3 is 2.90 bits per heavy atom. The van der Waals surface area contributed by atoms with Gasteiger partial charge in [-0.2, -0.15) is 0 Å². The summed E-state index contributed by atoms with van der Waals surface area (Å²) in [6.07, 6.45) is 1.84. The second-order valence-electron chi connectivity index (χ2n) is 4.61. The summed E-state index contributed by atoms with van der Waals surface area (Å²) in [6.45, 7) is 0. The zero-order valence-corrected chi connectivity index (χ0v) is 13.2. The van der Waals surface area contributed by atoms with Gasteiger partial charge in [0, 0.05) is 20.3 Å². The molecule has 0 fully saturated rings. The van der Waals surface area contributed by atoms with E-state index in [1.807, 2.05) is 24.7 Å². The van der Waals surface area contributed by atoms with Crippen molar-refractivity contribution >= 4 is 39.1 Å². The number of thiophene rings is 1. The third kappa shape index (κ3) is 2.54. The zero-order chi connectivity index (χ0) is 15.0. The van der Waals surface area contributed by atoms with Gasteiger partial charge in [0.25, 0.3) is 5.56 Å². The summed E-state index contributed by atoms with van der Waals surface area (Å²) in [5, 5.41) is 3.04. The molecule has 5 nitrogen and oxygen atoms in total. The molecule has 0 bridgehead atoms. The molecule has 0 unspecified atom stereocenters. The number of Topliss-reactive ketones (excluding diaryl/α,β-unsaturated/α-hetero) is 1. The molecule has 0 aliphatic carbocycles. The largest absolute Gasteiger partial charge is 0.348 e. The molecule has 21 heavy (non-hydrogen) atoms. The predicted octanol–water partition coefficient (Wildman–Crippen LogP) is 2.31. The van der Waals surface area contributed by atoms with E-state index in [1.165, 1.54) is 27.7 Å². The molecule has 0 amide bonds. The molecule has 0 radical (unpaired) electrons. The second kappa shape index (κ2) is 5.50. The van der Waals surface area contributed by atoms with Crippen LogP contribution in [0.1, 0.15) is 10.5 Å². The molecule has 0 saturated heterocycles. The van der Waals surface area contributed by atoms with Crippen LogP contribution in [0.15, 0.2) is 39.7 Å². The maximum absolute atomic E-state index is 12.2. The van der Waals surface area contributed by atoms with Crippen LogP contribution in [-0.2, 0) is 14.1 Å². The Balaban J connectivity index is 1.86. The molecular formula is C14H13N3O2S2. The van der Waals surface area contributed by atoms with Crippen molar-refractivity contribution < 1.29 is 4.79 Å². The molecule has 3 rings (SSSR count). The van der Waals surface area contributed by atoms with E-state index in [0.717, 1.165) is 0 Å². The summed E-state index contributed by atoms with van der Waals surface area (Å²) in [7, 11) is 3.52. The van der Waals surface area contributed by atoms with Gasteiger partial charge in [-0.05, 0) is 23.6 Å². The fraction of sp³-hybridized carbons (Fsp3) is 0.214. The predicted molar refractivity (Wildman–Crippen MR) is 85.3 cm³/mol. The van der Waals surface area contributed by atoms with Crippen molar-refractivity contribution in [1.82, 2.24) is 14.1 Å². The Hall–Kier alpha value is -1.86. The van der Waals surface area contributed by atoms with Gasteiger partial charge < -0.3 is 4.57 Å². The number of carbonyl (C=O) groups is 1. The maximum Gasteiger partial charge on any atom is 0.262 e. The number of ketones is 1. The van der Waals surface area contributed by atoms with E-state index in [9.17, 15) is 9.59 Å². The number of carbonyl (C=O) groups excluding carboxylic acids is 1. The Bertz CT molecular complexity index is 876. The van der Waals surface area contributed by atoms with Gasteiger partial charge in [0.15, 0.2) is 10.9 Å². The van der Waals surface area contributed by atoms with E-state index in [1.54, 1.807) is 23.7 Å². The smallest absolute Gasteiger partial charge is 0.262 e. The standard InChI is InChI=1S/C14H13N3O2S2/c1-16-6-3-4-10(16)11(18)8-21-14-15-12-9(5-7-20-12)13(19)17(14)2/h3-7H,8H2,1-2H3. The van der Waals surface area contributed by atoms with Crippen molar-refractivity contribution in [2.24, 2.45) is 14.1 Å². The Morgan fingerprint density at radius 1 is 1.38 bits per heavy atom. The number of hydrogen-bond acceptors (Lipinski definition) is 5. The van der Waals surface area contributed by atoms with Gasteiger partial charge in [-0.3, -0.25) is 14.2 Å².